The van der Waals surface area contributed by atoms with E-state index in [1.807, 2.05) is 24.3 Å². The fourth-order valence-corrected chi connectivity index (χ4v) is 3.60. The molecule has 0 aromatic heterocycles. The predicted molar refractivity (Wildman–Crippen MR) is 107 cm³/mol. The standard InChI is InChI=1S/C22H26N2O4/c1-24-13-17(20(21(24)25)22(26)27-2)14-28-19-6-4-3-5-18(19)16-9-7-15(8-10-16)11-12-23/h3-10,17,20H,11-14,23H2,1-2H3. The lowest BCUT2D eigenvalue weighted by atomic mass is 9.96. The molecule has 6 nitrogen and oxygen atoms in total. The van der Waals surface area contributed by atoms with Crippen LogP contribution in [0.3, 0.4) is 0 Å². The molecule has 148 valence electrons. The predicted octanol–water partition coefficient (Wildman–Crippen LogP) is 2.11. The lowest BCUT2D eigenvalue weighted by Crippen LogP contribution is -2.31. The van der Waals surface area contributed by atoms with Crippen molar-refractivity contribution in [2.45, 2.75) is 6.42 Å². The first-order valence-electron chi connectivity index (χ1n) is 9.39. The van der Waals surface area contributed by atoms with E-state index in [0.29, 0.717) is 13.1 Å². The maximum absolute atomic E-state index is 12.3. The third-order valence-corrected chi connectivity index (χ3v) is 5.12. The van der Waals surface area contributed by atoms with Gasteiger partial charge >= 0.3 is 5.97 Å². The van der Waals surface area contributed by atoms with Gasteiger partial charge < -0.3 is 20.1 Å². The fraction of sp³-hybridized carbons (Fsp3) is 0.364. The van der Waals surface area contributed by atoms with Crippen LogP contribution in [0.4, 0.5) is 0 Å². The van der Waals surface area contributed by atoms with E-state index < -0.39 is 11.9 Å². The van der Waals surface area contributed by atoms with Crippen molar-refractivity contribution < 1.29 is 19.1 Å². The average molecular weight is 382 g/mol. The van der Waals surface area contributed by atoms with Gasteiger partial charge in [0.25, 0.3) is 0 Å². The van der Waals surface area contributed by atoms with Crippen LogP contribution in [0.5, 0.6) is 5.75 Å². The number of nitrogens with zero attached hydrogens (tertiary/aromatic N) is 1. The van der Waals surface area contributed by atoms with Crippen molar-refractivity contribution in [1.82, 2.24) is 4.90 Å². The number of benzene rings is 2. The number of methoxy groups -OCH3 is 1. The van der Waals surface area contributed by atoms with E-state index in [-0.39, 0.29) is 18.4 Å². The van der Waals surface area contributed by atoms with E-state index in [9.17, 15) is 9.59 Å². The summed E-state index contributed by atoms with van der Waals surface area (Å²) in [5.41, 5.74) is 8.82. The molecule has 2 aromatic rings. The van der Waals surface area contributed by atoms with Crippen LogP contribution in [0, 0.1) is 11.8 Å². The molecule has 2 atom stereocenters. The molecule has 6 heteroatoms. The van der Waals surface area contributed by atoms with Gasteiger partial charge in [-0.05, 0) is 30.2 Å². The lowest BCUT2D eigenvalue weighted by molar-refractivity contribution is -0.151. The zero-order valence-corrected chi connectivity index (χ0v) is 16.3. The Bertz CT molecular complexity index is 835. The van der Waals surface area contributed by atoms with Crippen LogP contribution in [0.2, 0.25) is 0 Å². The second-order valence-corrected chi connectivity index (χ2v) is 7.02. The van der Waals surface area contributed by atoms with Gasteiger partial charge in [-0.1, -0.05) is 42.5 Å². The number of carbonyl (C=O) groups is 2. The Hall–Kier alpha value is -2.86. The Morgan fingerprint density at radius 1 is 1.18 bits per heavy atom. The Balaban J connectivity index is 1.76. The van der Waals surface area contributed by atoms with E-state index >= 15 is 0 Å². The van der Waals surface area contributed by atoms with Crippen LogP contribution >= 0.6 is 0 Å². The van der Waals surface area contributed by atoms with Crippen molar-refractivity contribution in [3.63, 3.8) is 0 Å². The zero-order valence-electron chi connectivity index (χ0n) is 16.3. The summed E-state index contributed by atoms with van der Waals surface area (Å²) in [4.78, 5) is 25.8. The summed E-state index contributed by atoms with van der Waals surface area (Å²) in [5.74, 6) is -1.06. The number of nitrogens with two attached hydrogens (primary N) is 1. The first-order chi connectivity index (χ1) is 13.5. The molecule has 1 fully saturated rings. The van der Waals surface area contributed by atoms with Crippen molar-refractivity contribution in [1.29, 1.82) is 0 Å². The first-order valence-corrected chi connectivity index (χ1v) is 9.39. The maximum atomic E-state index is 12.3. The van der Waals surface area contributed by atoms with E-state index in [1.165, 1.54) is 12.7 Å². The summed E-state index contributed by atoms with van der Waals surface area (Å²) in [5, 5.41) is 0. The molecule has 3 rings (SSSR count). The van der Waals surface area contributed by atoms with Crippen molar-refractivity contribution in [2.75, 3.05) is 33.9 Å². The SMILES string of the molecule is COC(=O)C1C(=O)N(C)CC1COc1ccccc1-c1ccc(CCN)cc1. The molecule has 2 unspecified atom stereocenters. The Morgan fingerprint density at radius 3 is 2.57 bits per heavy atom. The Morgan fingerprint density at radius 2 is 1.89 bits per heavy atom. The molecular weight excluding hydrogens is 356 g/mol. The average Bonchev–Trinajstić information content (AvgIpc) is 3.00. The summed E-state index contributed by atoms with van der Waals surface area (Å²) in [6, 6.07) is 16.0. The van der Waals surface area contributed by atoms with Crippen LogP contribution in [0.15, 0.2) is 48.5 Å². The first kappa shape index (κ1) is 19.9. The summed E-state index contributed by atoms with van der Waals surface area (Å²) in [7, 11) is 2.99. The highest BCUT2D eigenvalue weighted by Gasteiger charge is 2.44. The number of hydrogen-bond donors (Lipinski definition) is 1. The maximum Gasteiger partial charge on any atom is 0.318 e. The molecule has 0 bridgehead atoms. The number of ether oxygens (including phenoxy) is 2. The van der Waals surface area contributed by atoms with Gasteiger partial charge in [0, 0.05) is 25.1 Å². The van der Waals surface area contributed by atoms with E-state index in [1.54, 1.807) is 11.9 Å². The van der Waals surface area contributed by atoms with Crippen molar-refractivity contribution in [3.8, 4) is 16.9 Å². The van der Waals surface area contributed by atoms with E-state index in [2.05, 4.69) is 24.3 Å². The number of likely N-dealkylation sites (tertiary alicyclic amines) is 1. The molecule has 0 aliphatic carbocycles. The molecule has 1 amide bonds. The topological polar surface area (TPSA) is 81.9 Å². The Labute approximate surface area is 165 Å². The molecule has 2 aromatic carbocycles. The largest absolute Gasteiger partial charge is 0.493 e. The van der Waals surface area contributed by atoms with Gasteiger partial charge in [-0.2, -0.15) is 0 Å². The second kappa shape index (κ2) is 8.89. The fourth-order valence-electron chi connectivity index (χ4n) is 3.60. The molecule has 0 spiro atoms. The summed E-state index contributed by atoms with van der Waals surface area (Å²) < 4.78 is 10.9. The highest BCUT2D eigenvalue weighted by Crippen LogP contribution is 2.32. The number of rotatable bonds is 7. The van der Waals surface area contributed by atoms with E-state index in [0.717, 1.165) is 23.3 Å². The third kappa shape index (κ3) is 4.17. The van der Waals surface area contributed by atoms with Gasteiger partial charge in [0.05, 0.1) is 13.7 Å². The summed E-state index contributed by atoms with van der Waals surface area (Å²) in [6.45, 7) is 1.35. The minimum Gasteiger partial charge on any atom is -0.493 e. The van der Waals surface area contributed by atoms with Gasteiger partial charge in [-0.3, -0.25) is 9.59 Å². The van der Waals surface area contributed by atoms with Crippen LogP contribution in [0.1, 0.15) is 5.56 Å². The highest BCUT2D eigenvalue weighted by molar-refractivity contribution is 5.99. The quantitative estimate of drug-likeness (QED) is 0.586. The van der Waals surface area contributed by atoms with Crippen molar-refractivity contribution in [3.05, 3.63) is 54.1 Å². The molecule has 1 heterocycles. The Kier molecular flexibility index (Phi) is 6.31. The highest BCUT2D eigenvalue weighted by atomic mass is 16.5. The van der Waals surface area contributed by atoms with Crippen LogP contribution in [0.25, 0.3) is 11.1 Å². The van der Waals surface area contributed by atoms with Crippen LogP contribution < -0.4 is 10.5 Å². The number of para-hydroxylation sites is 1. The van der Waals surface area contributed by atoms with Gasteiger partial charge in [0.2, 0.25) is 5.91 Å². The van der Waals surface area contributed by atoms with Gasteiger partial charge in [0.1, 0.15) is 11.7 Å². The summed E-state index contributed by atoms with van der Waals surface area (Å²) >= 11 is 0. The van der Waals surface area contributed by atoms with Crippen LogP contribution in [-0.2, 0) is 20.7 Å². The lowest BCUT2D eigenvalue weighted by Gasteiger charge is -2.17. The normalized spacial score (nSPS) is 19.0. The summed E-state index contributed by atoms with van der Waals surface area (Å²) in [6.07, 6.45) is 0.844. The molecular formula is C22H26N2O4. The third-order valence-electron chi connectivity index (χ3n) is 5.12. The number of esters is 1. The van der Waals surface area contributed by atoms with Crippen molar-refractivity contribution >= 4 is 11.9 Å². The molecule has 0 radical (unpaired) electrons. The molecule has 2 N–H and O–H groups in total. The monoisotopic (exact) mass is 382 g/mol. The van der Waals surface area contributed by atoms with Crippen molar-refractivity contribution in [2.24, 2.45) is 17.6 Å². The molecule has 1 aliphatic rings. The van der Waals surface area contributed by atoms with E-state index in [4.69, 9.17) is 15.2 Å². The minimum absolute atomic E-state index is 0.218. The van der Waals surface area contributed by atoms with Crippen LogP contribution in [-0.4, -0.2) is 50.6 Å². The molecule has 1 saturated heterocycles. The zero-order chi connectivity index (χ0) is 20.1. The molecule has 0 saturated carbocycles. The van der Waals surface area contributed by atoms with Gasteiger partial charge in [-0.15, -0.1) is 0 Å². The number of carbonyl (C=O) groups excluding carboxylic acids is 2. The smallest absolute Gasteiger partial charge is 0.318 e. The molecule has 1 aliphatic heterocycles. The number of hydrogen-bond acceptors (Lipinski definition) is 5. The number of amides is 1. The second-order valence-electron chi connectivity index (χ2n) is 7.02. The molecule has 28 heavy (non-hydrogen) atoms. The van der Waals surface area contributed by atoms with Gasteiger partial charge in [0.15, 0.2) is 0 Å². The minimum atomic E-state index is -0.808. The van der Waals surface area contributed by atoms with Gasteiger partial charge in [-0.25, -0.2) is 0 Å².